The van der Waals surface area contributed by atoms with Crippen LogP contribution in [0.2, 0.25) is 0 Å². The number of aliphatic hydroxyl groups is 1. The van der Waals surface area contributed by atoms with E-state index >= 15 is 0 Å². The largest absolute Gasteiger partial charge is 0.508 e. The van der Waals surface area contributed by atoms with E-state index in [1.54, 1.807) is 6.07 Å². The number of hydrogen-bond acceptors (Lipinski definition) is 3. The van der Waals surface area contributed by atoms with Crippen LogP contribution in [-0.2, 0) is 13.0 Å². The van der Waals surface area contributed by atoms with Gasteiger partial charge in [0.1, 0.15) is 5.75 Å². The molecular formula is C13H19NO2. The van der Waals surface area contributed by atoms with Gasteiger partial charge >= 0.3 is 0 Å². The van der Waals surface area contributed by atoms with Crippen LogP contribution in [0.3, 0.4) is 0 Å². The summed E-state index contributed by atoms with van der Waals surface area (Å²) in [5.74, 6) is 0.330. The van der Waals surface area contributed by atoms with Crippen LogP contribution in [0, 0.1) is 0 Å². The van der Waals surface area contributed by atoms with E-state index in [1.807, 2.05) is 19.1 Å². The van der Waals surface area contributed by atoms with E-state index in [1.165, 1.54) is 11.1 Å². The molecule has 1 atom stereocenters. The van der Waals surface area contributed by atoms with E-state index < -0.39 is 0 Å². The first-order valence-electron chi connectivity index (χ1n) is 5.90. The average Bonchev–Trinajstić information content (AvgIpc) is 2.28. The van der Waals surface area contributed by atoms with Gasteiger partial charge in [0.05, 0.1) is 6.10 Å². The average molecular weight is 221 g/mol. The van der Waals surface area contributed by atoms with Gasteiger partial charge < -0.3 is 10.2 Å². The van der Waals surface area contributed by atoms with Gasteiger partial charge in [-0.1, -0.05) is 13.0 Å². The first-order chi connectivity index (χ1) is 7.69. The van der Waals surface area contributed by atoms with Gasteiger partial charge in [0.2, 0.25) is 0 Å². The van der Waals surface area contributed by atoms with Crippen molar-refractivity contribution in [1.29, 1.82) is 0 Å². The van der Waals surface area contributed by atoms with Crippen molar-refractivity contribution in [2.75, 3.05) is 13.1 Å². The highest BCUT2D eigenvalue weighted by atomic mass is 16.3. The third kappa shape index (κ3) is 2.54. The molecule has 1 aromatic rings. The number of rotatable bonds is 3. The summed E-state index contributed by atoms with van der Waals surface area (Å²) >= 11 is 0. The van der Waals surface area contributed by atoms with Crippen LogP contribution in [0.5, 0.6) is 5.75 Å². The number of aliphatic hydroxyl groups excluding tert-OH is 1. The number of hydrogen-bond donors (Lipinski definition) is 2. The topological polar surface area (TPSA) is 43.7 Å². The molecule has 0 saturated heterocycles. The first-order valence-corrected chi connectivity index (χ1v) is 5.90. The predicted octanol–water partition coefficient (Wildman–Crippen LogP) is 1.52. The minimum absolute atomic E-state index is 0.237. The fourth-order valence-corrected chi connectivity index (χ4v) is 2.18. The summed E-state index contributed by atoms with van der Waals surface area (Å²) in [6, 6.07) is 5.58. The maximum Gasteiger partial charge on any atom is 0.115 e. The van der Waals surface area contributed by atoms with Gasteiger partial charge in [-0.05, 0) is 36.1 Å². The fraction of sp³-hybridized carbons (Fsp3) is 0.538. The number of benzene rings is 1. The molecule has 1 heterocycles. The molecule has 0 bridgehead atoms. The Morgan fingerprint density at radius 1 is 1.38 bits per heavy atom. The molecule has 0 spiro atoms. The Kier molecular flexibility index (Phi) is 3.46. The summed E-state index contributed by atoms with van der Waals surface area (Å²) in [5.41, 5.74) is 2.51. The summed E-state index contributed by atoms with van der Waals surface area (Å²) in [5, 5.41) is 19.1. The molecule has 2 rings (SSSR count). The molecule has 3 heteroatoms. The number of fused-ring (bicyclic) bond motifs is 1. The van der Waals surface area contributed by atoms with Crippen molar-refractivity contribution in [1.82, 2.24) is 4.90 Å². The zero-order valence-corrected chi connectivity index (χ0v) is 9.69. The highest BCUT2D eigenvalue weighted by Gasteiger charge is 2.18. The smallest absolute Gasteiger partial charge is 0.115 e. The molecule has 1 aliphatic heterocycles. The van der Waals surface area contributed by atoms with Crippen molar-refractivity contribution in [2.45, 2.75) is 32.4 Å². The highest BCUT2D eigenvalue weighted by molar-refractivity contribution is 5.36. The Hall–Kier alpha value is -1.06. The van der Waals surface area contributed by atoms with Crippen molar-refractivity contribution in [3.63, 3.8) is 0 Å². The van der Waals surface area contributed by atoms with Crippen LogP contribution in [0.25, 0.3) is 0 Å². The standard InChI is InChI=1S/C13H19NO2/c1-2-12(15)9-14-6-5-10-3-4-13(16)7-11(10)8-14/h3-4,7,12,15-16H,2,5-6,8-9H2,1H3/t12-/m0/s1. The number of nitrogens with zero attached hydrogens (tertiary/aromatic N) is 1. The van der Waals surface area contributed by atoms with Gasteiger partial charge in [-0.15, -0.1) is 0 Å². The molecule has 0 unspecified atom stereocenters. The highest BCUT2D eigenvalue weighted by Crippen LogP contribution is 2.23. The zero-order chi connectivity index (χ0) is 11.5. The van der Waals surface area contributed by atoms with E-state index in [-0.39, 0.29) is 6.10 Å². The van der Waals surface area contributed by atoms with E-state index in [9.17, 15) is 10.2 Å². The van der Waals surface area contributed by atoms with E-state index in [0.29, 0.717) is 5.75 Å². The minimum Gasteiger partial charge on any atom is -0.508 e. The molecule has 0 saturated carbocycles. The van der Waals surface area contributed by atoms with Crippen molar-refractivity contribution >= 4 is 0 Å². The molecule has 0 aliphatic carbocycles. The van der Waals surface area contributed by atoms with Gasteiger partial charge in [0, 0.05) is 19.6 Å². The molecule has 3 nitrogen and oxygen atoms in total. The lowest BCUT2D eigenvalue weighted by atomic mass is 9.99. The molecule has 1 aromatic carbocycles. The van der Waals surface area contributed by atoms with Gasteiger partial charge in [0.15, 0.2) is 0 Å². The van der Waals surface area contributed by atoms with E-state index in [2.05, 4.69) is 4.90 Å². The molecule has 2 N–H and O–H groups in total. The van der Waals surface area contributed by atoms with Crippen molar-refractivity contribution in [2.24, 2.45) is 0 Å². The second kappa shape index (κ2) is 4.85. The van der Waals surface area contributed by atoms with Crippen molar-refractivity contribution in [3.05, 3.63) is 29.3 Å². The summed E-state index contributed by atoms with van der Waals surface area (Å²) in [6.45, 7) is 4.55. The number of phenols is 1. The Bertz CT molecular complexity index is 365. The Morgan fingerprint density at radius 2 is 2.19 bits per heavy atom. The SMILES string of the molecule is CC[C@H](O)CN1CCc2ccc(O)cc2C1. The summed E-state index contributed by atoms with van der Waals surface area (Å²) < 4.78 is 0. The zero-order valence-electron chi connectivity index (χ0n) is 9.69. The number of phenolic OH excluding ortho intramolecular Hbond substituents is 1. The maximum atomic E-state index is 9.62. The lowest BCUT2D eigenvalue weighted by Crippen LogP contribution is -2.36. The van der Waals surface area contributed by atoms with Crippen LogP contribution in [0.15, 0.2) is 18.2 Å². The van der Waals surface area contributed by atoms with E-state index in [4.69, 9.17) is 0 Å². The molecule has 16 heavy (non-hydrogen) atoms. The Morgan fingerprint density at radius 3 is 2.94 bits per heavy atom. The third-order valence-corrected chi connectivity index (χ3v) is 3.22. The van der Waals surface area contributed by atoms with E-state index in [0.717, 1.165) is 32.5 Å². The summed E-state index contributed by atoms with van der Waals surface area (Å²) in [4.78, 5) is 2.25. The van der Waals surface area contributed by atoms with Gasteiger partial charge in [0.25, 0.3) is 0 Å². The Balaban J connectivity index is 2.05. The second-order valence-electron chi connectivity index (χ2n) is 4.50. The predicted molar refractivity (Wildman–Crippen MR) is 63.4 cm³/mol. The monoisotopic (exact) mass is 221 g/mol. The fourth-order valence-electron chi connectivity index (χ4n) is 2.18. The van der Waals surface area contributed by atoms with Gasteiger partial charge in [-0.3, -0.25) is 4.90 Å². The van der Waals surface area contributed by atoms with Gasteiger partial charge in [-0.25, -0.2) is 0 Å². The molecule has 0 fully saturated rings. The molecular weight excluding hydrogens is 202 g/mol. The maximum absolute atomic E-state index is 9.62. The van der Waals surface area contributed by atoms with Crippen LogP contribution in [0.1, 0.15) is 24.5 Å². The molecule has 0 radical (unpaired) electrons. The number of aromatic hydroxyl groups is 1. The normalized spacial score (nSPS) is 18.1. The first kappa shape index (κ1) is 11.4. The van der Waals surface area contributed by atoms with Crippen LogP contribution in [-0.4, -0.2) is 34.3 Å². The lowest BCUT2D eigenvalue weighted by Gasteiger charge is -2.30. The summed E-state index contributed by atoms with van der Waals surface area (Å²) in [7, 11) is 0. The molecule has 88 valence electrons. The van der Waals surface area contributed by atoms with Gasteiger partial charge in [-0.2, -0.15) is 0 Å². The second-order valence-corrected chi connectivity index (χ2v) is 4.50. The quantitative estimate of drug-likeness (QED) is 0.813. The lowest BCUT2D eigenvalue weighted by molar-refractivity contribution is 0.102. The molecule has 0 aromatic heterocycles. The van der Waals surface area contributed by atoms with Crippen LogP contribution >= 0.6 is 0 Å². The Labute approximate surface area is 96.3 Å². The molecule has 0 amide bonds. The van der Waals surface area contributed by atoms with Crippen LogP contribution in [0.4, 0.5) is 0 Å². The van der Waals surface area contributed by atoms with Crippen LogP contribution < -0.4 is 0 Å². The van der Waals surface area contributed by atoms with Crippen molar-refractivity contribution in [3.8, 4) is 5.75 Å². The third-order valence-electron chi connectivity index (χ3n) is 3.22. The minimum atomic E-state index is -0.237. The van der Waals surface area contributed by atoms with Crippen molar-refractivity contribution < 1.29 is 10.2 Å². The molecule has 1 aliphatic rings. The number of β-amino-alcohol motifs (C(OH)–C–C–N with tert-alkyl or cyclic N) is 1. The summed E-state index contributed by atoms with van der Waals surface area (Å²) in [6.07, 6.45) is 1.56.